The van der Waals surface area contributed by atoms with Crippen molar-refractivity contribution in [1.29, 1.82) is 0 Å². The number of urea groups is 1. The minimum atomic E-state index is -0.169. The van der Waals surface area contributed by atoms with Gasteiger partial charge < -0.3 is 15.5 Å². The highest BCUT2D eigenvalue weighted by molar-refractivity contribution is 9.10. The number of nitrogens with zero attached hydrogens (tertiary/aromatic N) is 1. The Morgan fingerprint density at radius 3 is 2.67 bits per heavy atom. The van der Waals surface area contributed by atoms with Gasteiger partial charge in [-0.3, -0.25) is 0 Å². The van der Waals surface area contributed by atoms with Gasteiger partial charge in [-0.2, -0.15) is 0 Å². The Bertz CT molecular complexity index is 459. The van der Waals surface area contributed by atoms with Crippen molar-refractivity contribution >= 4 is 28.0 Å². The summed E-state index contributed by atoms with van der Waals surface area (Å²) in [5.74, 6) is 0. The van der Waals surface area contributed by atoms with E-state index in [1.165, 1.54) is 0 Å². The Hall–Kier alpha value is -1.33. The van der Waals surface area contributed by atoms with Crippen LogP contribution in [0.5, 0.6) is 0 Å². The largest absolute Gasteiger partial charge is 0.338 e. The maximum absolute atomic E-state index is 11.6. The van der Waals surface area contributed by atoms with E-state index in [1.807, 2.05) is 30.3 Å². The van der Waals surface area contributed by atoms with Gasteiger partial charge in [0.25, 0.3) is 0 Å². The summed E-state index contributed by atoms with van der Waals surface area (Å²) in [4.78, 5) is 13.9. The smallest absolute Gasteiger partial charge is 0.318 e. The third-order valence-corrected chi connectivity index (χ3v) is 3.94. The third kappa shape index (κ3) is 7.29. The number of nitrogens with one attached hydrogen (secondary N) is 2. The average Bonchev–Trinajstić information content (AvgIpc) is 2.49. The first-order chi connectivity index (χ1) is 10.2. The molecule has 0 unspecified atom stereocenters. The number of hydrogen-bond donors (Lipinski definition) is 2. The first-order valence-corrected chi connectivity index (χ1v) is 8.14. The monoisotopic (exact) mass is 353 g/mol. The van der Waals surface area contributed by atoms with E-state index < -0.39 is 0 Å². The van der Waals surface area contributed by atoms with Crippen molar-refractivity contribution in [3.05, 3.63) is 40.5 Å². The minimum Gasteiger partial charge on any atom is -0.338 e. The van der Waals surface area contributed by atoms with Crippen LogP contribution in [0.1, 0.15) is 25.8 Å². The molecule has 0 atom stereocenters. The molecule has 0 radical (unpaired) electrons. The van der Waals surface area contributed by atoms with E-state index >= 15 is 0 Å². The van der Waals surface area contributed by atoms with Crippen LogP contribution in [-0.4, -0.2) is 37.1 Å². The van der Waals surface area contributed by atoms with Crippen LogP contribution in [0.3, 0.4) is 0 Å². The van der Waals surface area contributed by atoms with Crippen molar-refractivity contribution in [3.8, 4) is 0 Å². The molecule has 1 aromatic carbocycles. The van der Waals surface area contributed by atoms with E-state index in [1.54, 1.807) is 6.20 Å². The average molecular weight is 354 g/mol. The molecule has 0 saturated heterocycles. The highest BCUT2D eigenvalue weighted by Crippen LogP contribution is 2.16. The second-order valence-corrected chi connectivity index (χ2v) is 5.49. The fraction of sp³-hybridized carbons (Fsp3) is 0.438. The number of carbonyl (C=O) groups excluding carboxylic acids is 1. The van der Waals surface area contributed by atoms with Gasteiger partial charge in [0.05, 0.1) is 0 Å². The molecular weight excluding hydrogens is 330 g/mol. The summed E-state index contributed by atoms with van der Waals surface area (Å²) in [5.41, 5.74) is 1.03. The summed E-state index contributed by atoms with van der Waals surface area (Å²) in [6.45, 7) is 8.10. The summed E-state index contributed by atoms with van der Waals surface area (Å²) < 4.78 is 1.00. The van der Waals surface area contributed by atoms with Gasteiger partial charge in [0.1, 0.15) is 0 Å². The van der Waals surface area contributed by atoms with Gasteiger partial charge in [0.15, 0.2) is 0 Å². The lowest BCUT2D eigenvalue weighted by molar-refractivity contribution is 0.242. The van der Waals surface area contributed by atoms with Gasteiger partial charge in [0, 0.05) is 17.2 Å². The molecule has 0 bridgehead atoms. The number of hydrogen-bond acceptors (Lipinski definition) is 2. The van der Waals surface area contributed by atoms with Crippen molar-refractivity contribution in [3.63, 3.8) is 0 Å². The lowest BCUT2D eigenvalue weighted by atomic mass is 10.2. The Kier molecular flexibility index (Phi) is 8.78. The standard InChI is InChI=1S/C16H24BrN3O/c1-3-20(4-2)13-7-11-18-16(21)19-12-10-14-8-5-6-9-15(14)17/h5-6,8-10,12H,3-4,7,11,13H2,1-2H3,(H2,18,19,21)/b12-10+. The zero-order valence-electron chi connectivity index (χ0n) is 12.7. The van der Waals surface area contributed by atoms with E-state index in [4.69, 9.17) is 0 Å². The summed E-state index contributed by atoms with van der Waals surface area (Å²) >= 11 is 3.46. The number of amides is 2. The first kappa shape index (κ1) is 17.7. The Morgan fingerprint density at radius 1 is 1.29 bits per heavy atom. The molecule has 21 heavy (non-hydrogen) atoms. The van der Waals surface area contributed by atoms with Gasteiger partial charge in [0.2, 0.25) is 0 Å². The van der Waals surface area contributed by atoms with E-state index in [-0.39, 0.29) is 6.03 Å². The van der Waals surface area contributed by atoms with Crippen LogP contribution in [0.2, 0.25) is 0 Å². The molecule has 1 rings (SSSR count). The minimum absolute atomic E-state index is 0.169. The van der Waals surface area contributed by atoms with E-state index in [0.29, 0.717) is 6.54 Å². The van der Waals surface area contributed by atoms with Crippen LogP contribution in [-0.2, 0) is 0 Å². The maximum Gasteiger partial charge on any atom is 0.318 e. The number of halogens is 1. The molecular formula is C16H24BrN3O. The van der Waals surface area contributed by atoms with Crippen LogP contribution in [0, 0.1) is 0 Å². The molecule has 1 aromatic rings. The van der Waals surface area contributed by atoms with Crippen molar-refractivity contribution in [1.82, 2.24) is 15.5 Å². The summed E-state index contributed by atoms with van der Waals surface area (Å²) in [7, 11) is 0. The SMILES string of the molecule is CCN(CC)CCCNC(=O)N/C=C/c1ccccc1Br. The molecule has 0 saturated carbocycles. The van der Waals surface area contributed by atoms with E-state index in [2.05, 4.69) is 45.3 Å². The normalized spacial score (nSPS) is 11.0. The van der Waals surface area contributed by atoms with Crippen molar-refractivity contribution in [2.24, 2.45) is 0 Å². The first-order valence-electron chi connectivity index (χ1n) is 7.35. The van der Waals surface area contributed by atoms with Crippen LogP contribution in [0.15, 0.2) is 34.9 Å². The molecule has 5 heteroatoms. The summed E-state index contributed by atoms with van der Waals surface area (Å²) in [6, 6.07) is 7.68. The molecule has 0 aliphatic rings. The number of carbonyl (C=O) groups is 1. The highest BCUT2D eigenvalue weighted by atomic mass is 79.9. The molecule has 2 amide bonds. The molecule has 0 aromatic heterocycles. The van der Waals surface area contributed by atoms with Crippen molar-refractivity contribution < 1.29 is 4.79 Å². The molecule has 0 fully saturated rings. The highest BCUT2D eigenvalue weighted by Gasteiger charge is 2.00. The lowest BCUT2D eigenvalue weighted by Gasteiger charge is -2.17. The zero-order chi connectivity index (χ0) is 15.5. The second-order valence-electron chi connectivity index (χ2n) is 4.64. The van der Waals surface area contributed by atoms with Crippen LogP contribution < -0.4 is 10.6 Å². The molecule has 0 spiro atoms. The van der Waals surface area contributed by atoms with Gasteiger partial charge in [-0.25, -0.2) is 4.79 Å². The summed E-state index contributed by atoms with van der Waals surface area (Å²) in [5, 5.41) is 5.56. The number of benzene rings is 1. The molecule has 2 N–H and O–H groups in total. The quantitative estimate of drug-likeness (QED) is 0.703. The Balaban J connectivity index is 2.21. The molecule has 4 nitrogen and oxygen atoms in total. The van der Waals surface area contributed by atoms with E-state index in [0.717, 1.165) is 36.1 Å². The number of rotatable bonds is 8. The Labute approximate surface area is 135 Å². The summed E-state index contributed by atoms with van der Waals surface area (Å²) in [6.07, 6.45) is 4.47. The van der Waals surface area contributed by atoms with Crippen LogP contribution in [0.4, 0.5) is 4.79 Å². The zero-order valence-corrected chi connectivity index (χ0v) is 14.3. The van der Waals surface area contributed by atoms with Gasteiger partial charge in [-0.15, -0.1) is 0 Å². The van der Waals surface area contributed by atoms with Crippen LogP contribution in [0.25, 0.3) is 6.08 Å². The van der Waals surface area contributed by atoms with Crippen molar-refractivity contribution in [2.75, 3.05) is 26.2 Å². The van der Waals surface area contributed by atoms with Gasteiger partial charge >= 0.3 is 6.03 Å². The fourth-order valence-corrected chi connectivity index (χ4v) is 2.33. The molecule has 116 valence electrons. The van der Waals surface area contributed by atoms with Crippen LogP contribution >= 0.6 is 15.9 Å². The fourth-order valence-electron chi connectivity index (χ4n) is 1.91. The third-order valence-electron chi connectivity index (χ3n) is 3.21. The Morgan fingerprint density at radius 2 is 2.00 bits per heavy atom. The second kappa shape index (κ2) is 10.4. The van der Waals surface area contributed by atoms with Crippen molar-refractivity contribution in [2.45, 2.75) is 20.3 Å². The van der Waals surface area contributed by atoms with Gasteiger partial charge in [-0.05, 0) is 43.8 Å². The maximum atomic E-state index is 11.6. The predicted molar refractivity (Wildman–Crippen MR) is 92.1 cm³/mol. The van der Waals surface area contributed by atoms with Gasteiger partial charge in [-0.1, -0.05) is 48.0 Å². The molecule has 0 heterocycles. The van der Waals surface area contributed by atoms with E-state index in [9.17, 15) is 4.79 Å². The molecule has 0 aliphatic heterocycles. The molecule has 0 aliphatic carbocycles. The topological polar surface area (TPSA) is 44.4 Å². The predicted octanol–water partition coefficient (Wildman–Crippen LogP) is 3.45. The lowest BCUT2D eigenvalue weighted by Crippen LogP contribution is -2.34.